The number of aliphatic hydroxyl groups excluding tert-OH is 1. The first-order chi connectivity index (χ1) is 18.2. The number of unbranched alkanes of at least 4 members (excludes halogenated alkanes) is 9. The van der Waals surface area contributed by atoms with Crippen LogP contribution in [0.2, 0.25) is 0 Å². The molecular weight excluding hydrogens is 456 g/mol. The number of rotatable bonds is 16. The lowest BCUT2D eigenvalue weighted by Gasteiger charge is -2.22. The maximum Gasteiger partial charge on any atom is 0.0968 e. The van der Waals surface area contributed by atoms with Crippen molar-refractivity contribution in [1.29, 1.82) is 0 Å². The zero-order valence-electron chi connectivity index (χ0n) is 23.3. The van der Waals surface area contributed by atoms with Crippen molar-refractivity contribution < 1.29 is 5.11 Å². The molecule has 3 heterocycles. The summed E-state index contributed by atoms with van der Waals surface area (Å²) in [6.07, 6.45) is 16.0. The van der Waals surface area contributed by atoms with Crippen molar-refractivity contribution in [3.8, 4) is 0 Å². The van der Waals surface area contributed by atoms with Gasteiger partial charge in [-0.3, -0.25) is 4.90 Å². The van der Waals surface area contributed by atoms with E-state index in [-0.39, 0.29) is 12.6 Å². The van der Waals surface area contributed by atoms with Gasteiger partial charge in [-0.25, -0.2) is 9.97 Å². The average Bonchev–Trinajstić information content (AvgIpc) is 3.36. The van der Waals surface area contributed by atoms with Crippen molar-refractivity contribution in [3.63, 3.8) is 0 Å². The summed E-state index contributed by atoms with van der Waals surface area (Å²) >= 11 is 0. The molecule has 0 bridgehead atoms. The summed E-state index contributed by atoms with van der Waals surface area (Å²) in [6, 6.07) is 13.2. The first-order valence-electron chi connectivity index (χ1n) is 14.9. The van der Waals surface area contributed by atoms with Crippen LogP contribution >= 0.6 is 0 Å². The van der Waals surface area contributed by atoms with Crippen molar-refractivity contribution in [1.82, 2.24) is 19.8 Å². The van der Waals surface area contributed by atoms with Crippen molar-refractivity contribution in [2.75, 3.05) is 26.7 Å². The molecule has 5 nitrogen and oxygen atoms in total. The number of hydrogen-bond acceptors (Lipinski definition) is 5. The molecule has 0 aliphatic carbocycles. The zero-order valence-corrected chi connectivity index (χ0v) is 23.3. The number of nitrogens with zero attached hydrogens (tertiary/aromatic N) is 4. The molecule has 0 unspecified atom stereocenters. The predicted octanol–water partition coefficient (Wildman–Crippen LogP) is 7.09. The topological polar surface area (TPSA) is 52.5 Å². The lowest BCUT2D eigenvalue weighted by atomic mass is 10.1. The van der Waals surface area contributed by atoms with Crippen LogP contribution in [0.25, 0.3) is 21.8 Å². The summed E-state index contributed by atoms with van der Waals surface area (Å²) in [5.74, 6) is 0. The van der Waals surface area contributed by atoms with Crippen molar-refractivity contribution in [2.24, 2.45) is 0 Å². The van der Waals surface area contributed by atoms with Crippen LogP contribution in [0.5, 0.6) is 0 Å². The van der Waals surface area contributed by atoms with Gasteiger partial charge in [-0.1, -0.05) is 89.0 Å². The van der Waals surface area contributed by atoms with E-state index in [2.05, 4.69) is 60.2 Å². The summed E-state index contributed by atoms with van der Waals surface area (Å²) in [5.41, 5.74) is 4.17. The van der Waals surface area contributed by atoms with Crippen molar-refractivity contribution in [3.05, 3.63) is 47.8 Å². The molecule has 0 amide bonds. The van der Waals surface area contributed by atoms with Gasteiger partial charge in [0.2, 0.25) is 0 Å². The number of aliphatic hydroxyl groups is 1. The number of likely N-dealkylation sites (tertiary alicyclic amines) is 1. The lowest BCUT2D eigenvalue weighted by Crippen LogP contribution is -2.31. The molecule has 0 radical (unpaired) electrons. The van der Waals surface area contributed by atoms with Gasteiger partial charge in [-0.2, -0.15) is 0 Å². The van der Waals surface area contributed by atoms with Gasteiger partial charge >= 0.3 is 0 Å². The number of hydrogen-bond donors (Lipinski definition) is 1. The van der Waals surface area contributed by atoms with Gasteiger partial charge in [0.05, 0.1) is 29.0 Å². The Morgan fingerprint density at radius 3 is 2.03 bits per heavy atom. The van der Waals surface area contributed by atoms with E-state index in [1.54, 1.807) is 0 Å². The van der Waals surface area contributed by atoms with E-state index in [1.165, 1.54) is 64.2 Å². The van der Waals surface area contributed by atoms with E-state index < -0.39 is 0 Å². The molecule has 37 heavy (non-hydrogen) atoms. The van der Waals surface area contributed by atoms with E-state index in [1.807, 2.05) is 0 Å². The van der Waals surface area contributed by atoms with E-state index >= 15 is 0 Å². The van der Waals surface area contributed by atoms with Gasteiger partial charge in [-0.05, 0) is 51.5 Å². The van der Waals surface area contributed by atoms with Crippen LogP contribution in [0.1, 0.15) is 95.4 Å². The molecule has 1 saturated heterocycles. The Bertz CT molecular complexity index is 1100. The summed E-state index contributed by atoms with van der Waals surface area (Å²) in [6.45, 7) is 6.33. The largest absolute Gasteiger partial charge is 0.395 e. The van der Waals surface area contributed by atoms with Gasteiger partial charge in [0.25, 0.3) is 0 Å². The molecule has 1 aliphatic rings. The highest BCUT2D eigenvalue weighted by Gasteiger charge is 2.24. The van der Waals surface area contributed by atoms with Crippen molar-refractivity contribution >= 4 is 21.8 Å². The quantitative estimate of drug-likeness (QED) is 0.167. The Morgan fingerprint density at radius 2 is 1.38 bits per heavy atom. The maximum atomic E-state index is 9.69. The fourth-order valence-corrected chi connectivity index (χ4v) is 5.77. The Hall–Kier alpha value is -2.08. The normalized spacial score (nSPS) is 16.5. The standard InChI is InChI=1S/C32H48N4O/c1-3-4-5-6-7-8-9-10-11-12-21-35(2)23-28-19-17-26-15-16-27-18-20-29(34-32(27)31(26)33-28)24-36-22-13-14-30(36)25-37/h15-20,30,37H,3-14,21-25H2,1-2H3/t30-/m0/s1. The molecule has 4 rings (SSSR count). The number of benzene rings is 1. The first-order valence-corrected chi connectivity index (χ1v) is 14.9. The molecule has 0 saturated carbocycles. The average molecular weight is 505 g/mol. The monoisotopic (exact) mass is 504 g/mol. The molecule has 1 N–H and O–H groups in total. The highest BCUT2D eigenvalue weighted by molar-refractivity contribution is 6.02. The molecule has 1 aromatic carbocycles. The Labute approximate surface area is 224 Å². The minimum atomic E-state index is 0.230. The van der Waals surface area contributed by atoms with Crippen LogP contribution in [0.15, 0.2) is 36.4 Å². The molecule has 5 heteroatoms. The molecule has 1 aliphatic heterocycles. The second-order valence-electron chi connectivity index (χ2n) is 11.2. The van der Waals surface area contributed by atoms with E-state index in [4.69, 9.17) is 9.97 Å². The predicted molar refractivity (Wildman–Crippen MR) is 156 cm³/mol. The van der Waals surface area contributed by atoms with Crippen LogP contribution in [-0.2, 0) is 13.1 Å². The summed E-state index contributed by atoms with van der Waals surface area (Å²) < 4.78 is 0. The highest BCUT2D eigenvalue weighted by Crippen LogP contribution is 2.25. The van der Waals surface area contributed by atoms with Crippen LogP contribution in [0.3, 0.4) is 0 Å². The van der Waals surface area contributed by atoms with Crippen LogP contribution in [0.4, 0.5) is 0 Å². The van der Waals surface area contributed by atoms with Crippen LogP contribution < -0.4 is 0 Å². The third-order valence-electron chi connectivity index (χ3n) is 8.04. The minimum absolute atomic E-state index is 0.230. The summed E-state index contributed by atoms with van der Waals surface area (Å²) in [5, 5.41) is 12.0. The Morgan fingerprint density at radius 1 is 0.811 bits per heavy atom. The fourth-order valence-electron chi connectivity index (χ4n) is 5.77. The maximum absolute atomic E-state index is 9.69. The van der Waals surface area contributed by atoms with E-state index in [0.29, 0.717) is 0 Å². The van der Waals surface area contributed by atoms with Gasteiger partial charge in [-0.15, -0.1) is 0 Å². The molecular formula is C32H48N4O. The van der Waals surface area contributed by atoms with Gasteiger partial charge < -0.3 is 10.0 Å². The minimum Gasteiger partial charge on any atom is -0.395 e. The second-order valence-corrected chi connectivity index (χ2v) is 11.2. The molecule has 2 aromatic heterocycles. The van der Waals surface area contributed by atoms with E-state index in [9.17, 15) is 5.11 Å². The first kappa shape index (κ1) is 27.9. The molecule has 0 spiro atoms. The zero-order chi connectivity index (χ0) is 25.9. The Kier molecular flexibility index (Phi) is 11.1. The van der Waals surface area contributed by atoms with Gasteiger partial charge in [0.15, 0.2) is 0 Å². The number of fused-ring (bicyclic) bond motifs is 3. The number of aromatic nitrogens is 2. The van der Waals surface area contributed by atoms with Gasteiger partial charge in [0.1, 0.15) is 0 Å². The molecule has 1 fully saturated rings. The summed E-state index contributed by atoms with van der Waals surface area (Å²) in [4.78, 5) is 14.9. The summed E-state index contributed by atoms with van der Waals surface area (Å²) in [7, 11) is 2.21. The van der Waals surface area contributed by atoms with Gasteiger partial charge in [0, 0.05) is 29.9 Å². The molecule has 1 atom stereocenters. The number of pyridine rings is 2. The SMILES string of the molecule is CCCCCCCCCCCCN(C)Cc1ccc2ccc3ccc(CN4CCC[C@H]4CO)nc3c2n1. The van der Waals surface area contributed by atoms with Crippen LogP contribution in [-0.4, -0.2) is 57.7 Å². The fraction of sp³-hybridized carbons (Fsp3) is 0.625. The third-order valence-corrected chi connectivity index (χ3v) is 8.04. The molecule has 202 valence electrons. The Balaban J connectivity index is 1.30. The van der Waals surface area contributed by atoms with Crippen molar-refractivity contribution in [2.45, 2.75) is 103 Å². The second kappa shape index (κ2) is 14.8. The lowest BCUT2D eigenvalue weighted by molar-refractivity contribution is 0.152. The smallest absolute Gasteiger partial charge is 0.0968 e. The molecule has 3 aromatic rings. The third kappa shape index (κ3) is 8.20. The van der Waals surface area contributed by atoms with Crippen LogP contribution in [0, 0.1) is 0 Å². The van der Waals surface area contributed by atoms with E-state index in [0.717, 1.165) is 72.2 Å². The highest BCUT2D eigenvalue weighted by atomic mass is 16.3.